The van der Waals surface area contributed by atoms with E-state index in [1.54, 1.807) is 6.20 Å². The Morgan fingerprint density at radius 2 is 1.31 bits per heavy atom. The molecule has 0 saturated carbocycles. The van der Waals surface area contributed by atoms with Crippen LogP contribution in [0, 0.1) is 0 Å². The van der Waals surface area contributed by atoms with Crippen LogP contribution >= 0.6 is 0 Å². The van der Waals surface area contributed by atoms with Gasteiger partial charge in [-0.3, -0.25) is 4.40 Å². The molecule has 8 rings (SSSR count). The number of hydrogen-bond donors (Lipinski definition) is 0. The van der Waals surface area contributed by atoms with E-state index in [0.29, 0.717) is 5.78 Å². The van der Waals surface area contributed by atoms with Gasteiger partial charge < -0.3 is 8.83 Å². The van der Waals surface area contributed by atoms with Gasteiger partial charge in [-0.25, -0.2) is 9.97 Å². The second-order valence-electron chi connectivity index (χ2n) is 8.76. The maximum Gasteiger partial charge on any atom is 0.234 e. The van der Waals surface area contributed by atoms with Crippen LogP contribution < -0.4 is 0 Å². The molecule has 0 atom stereocenters. The van der Waals surface area contributed by atoms with Crippen LogP contribution in [0.15, 0.2) is 112 Å². The number of benzene rings is 4. The third-order valence-electron chi connectivity index (χ3n) is 6.73. The standard InChI is InChI=1S/C30H17N3O2/c1-2-5-26-21(4-1)22-11-12-23-24-16-20(10-13-27(24)35-29(23)28(22)34-26)18-6-8-19(9-7-18)25-17-33-15-3-14-31-30(33)32-25/h1-17H. The van der Waals surface area contributed by atoms with Crippen molar-refractivity contribution in [1.82, 2.24) is 14.4 Å². The van der Waals surface area contributed by atoms with E-state index in [4.69, 9.17) is 8.83 Å². The van der Waals surface area contributed by atoms with Crippen molar-refractivity contribution in [3.05, 3.63) is 104 Å². The smallest absolute Gasteiger partial charge is 0.234 e. The van der Waals surface area contributed by atoms with Gasteiger partial charge in [-0.1, -0.05) is 48.5 Å². The minimum atomic E-state index is 0.697. The van der Waals surface area contributed by atoms with Crippen LogP contribution in [0.25, 0.3) is 72.0 Å². The molecule has 8 aromatic rings. The molecule has 0 radical (unpaired) electrons. The predicted molar refractivity (Wildman–Crippen MR) is 138 cm³/mol. The number of nitrogens with zero attached hydrogens (tertiary/aromatic N) is 3. The molecular formula is C30H17N3O2. The highest BCUT2D eigenvalue weighted by Crippen LogP contribution is 2.39. The van der Waals surface area contributed by atoms with E-state index in [0.717, 1.165) is 66.3 Å². The lowest BCUT2D eigenvalue weighted by atomic mass is 10.0. The van der Waals surface area contributed by atoms with Gasteiger partial charge in [0.2, 0.25) is 5.78 Å². The van der Waals surface area contributed by atoms with Crippen molar-refractivity contribution in [2.75, 3.05) is 0 Å². The van der Waals surface area contributed by atoms with Crippen LogP contribution in [0.4, 0.5) is 0 Å². The molecule has 4 aromatic heterocycles. The molecule has 5 nitrogen and oxygen atoms in total. The molecule has 0 fully saturated rings. The molecule has 0 saturated heterocycles. The number of hydrogen-bond acceptors (Lipinski definition) is 4. The van der Waals surface area contributed by atoms with Gasteiger partial charge in [-0.05, 0) is 47.5 Å². The second-order valence-corrected chi connectivity index (χ2v) is 8.76. The molecule has 0 spiro atoms. The Bertz CT molecular complexity index is 2030. The molecule has 5 heteroatoms. The van der Waals surface area contributed by atoms with Crippen molar-refractivity contribution in [3.63, 3.8) is 0 Å². The van der Waals surface area contributed by atoms with Gasteiger partial charge >= 0.3 is 0 Å². The maximum atomic E-state index is 6.28. The highest BCUT2D eigenvalue weighted by Gasteiger charge is 2.16. The molecule has 0 amide bonds. The van der Waals surface area contributed by atoms with Crippen molar-refractivity contribution in [3.8, 4) is 22.4 Å². The van der Waals surface area contributed by atoms with E-state index in [-0.39, 0.29) is 0 Å². The van der Waals surface area contributed by atoms with Crippen LogP contribution in [0.5, 0.6) is 0 Å². The lowest BCUT2D eigenvalue weighted by Gasteiger charge is -2.03. The van der Waals surface area contributed by atoms with Crippen LogP contribution in [0.1, 0.15) is 0 Å². The molecule has 35 heavy (non-hydrogen) atoms. The number of fused-ring (bicyclic) bond motifs is 8. The maximum absolute atomic E-state index is 6.28. The molecule has 0 bridgehead atoms. The number of furan rings is 2. The normalized spacial score (nSPS) is 12.0. The minimum absolute atomic E-state index is 0.697. The Labute approximate surface area is 198 Å². The SMILES string of the molecule is c1ccc2c(c1)oc1c2ccc2c3cc(-c4ccc(-c5cn6cccnc6n5)cc4)ccc3oc21. The molecule has 0 N–H and O–H groups in total. The summed E-state index contributed by atoms with van der Waals surface area (Å²) in [5.41, 5.74) is 7.55. The number of para-hydroxylation sites is 1. The van der Waals surface area contributed by atoms with Crippen molar-refractivity contribution < 1.29 is 8.83 Å². The summed E-state index contributed by atoms with van der Waals surface area (Å²) in [5, 5.41) is 4.31. The first-order valence-electron chi connectivity index (χ1n) is 11.5. The van der Waals surface area contributed by atoms with Crippen LogP contribution in [0.2, 0.25) is 0 Å². The summed E-state index contributed by atoms with van der Waals surface area (Å²) in [7, 11) is 0. The van der Waals surface area contributed by atoms with Gasteiger partial charge in [-0.15, -0.1) is 0 Å². The zero-order valence-electron chi connectivity index (χ0n) is 18.5. The molecule has 0 unspecified atom stereocenters. The second kappa shape index (κ2) is 6.81. The number of imidazole rings is 1. The average molecular weight is 451 g/mol. The lowest BCUT2D eigenvalue weighted by Crippen LogP contribution is -1.83. The van der Waals surface area contributed by atoms with E-state index in [1.165, 1.54) is 0 Å². The third-order valence-corrected chi connectivity index (χ3v) is 6.73. The molecule has 164 valence electrons. The highest BCUT2D eigenvalue weighted by molar-refractivity contribution is 6.19. The van der Waals surface area contributed by atoms with Gasteiger partial charge in [0.1, 0.15) is 11.2 Å². The number of aromatic nitrogens is 3. The van der Waals surface area contributed by atoms with Crippen molar-refractivity contribution in [2.24, 2.45) is 0 Å². The first-order chi connectivity index (χ1) is 17.3. The quantitative estimate of drug-likeness (QED) is 0.268. The average Bonchev–Trinajstić information content (AvgIpc) is 3.61. The van der Waals surface area contributed by atoms with Crippen molar-refractivity contribution in [1.29, 1.82) is 0 Å². The van der Waals surface area contributed by atoms with E-state index in [9.17, 15) is 0 Å². The topological polar surface area (TPSA) is 56.5 Å². The predicted octanol–water partition coefficient (Wildman–Crippen LogP) is 7.86. The summed E-state index contributed by atoms with van der Waals surface area (Å²) in [6, 6.07) is 29.1. The minimum Gasteiger partial charge on any atom is -0.452 e. The Balaban J connectivity index is 1.24. The monoisotopic (exact) mass is 451 g/mol. The summed E-state index contributed by atoms with van der Waals surface area (Å²) >= 11 is 0. The summed E-state index contributed by atoms with van der Waals surface area (Å²) < 4.78 is 14.4. The zero-order valence-corrected chi connectivity index (χ0v) is 18.5. The van der Waals surface area contributed by atoms with Gasteiger partial charge in [0.05, 0.1) is 5.69 Å². The van der Waals surface area contributed by atoms with E-state index in [1.807, 2.05) is 47.1 Å². The fourth-order valence-corrected chi connectivity index (χ4v) is 5.00. The Morgan fingerprint density at radius 3 is 2.14 bits per heavy atom. The Hall–Kier alpha value is -4.90. The Morgan fingerprint density at radius 1 is 0.600 bits per heavy atom. The molecule has 0 aliphatic rings. The van der Waals surface area contributed by atoms with Crippen LogP contribution in [-0.4, -0.2) is 14.4 Å². The fraction of sp³-hybridized carbons (Fsp3) is 0. The summed E-state index contributed by atoms with van der Waals surface area (Å²) in [5.74, 6) is 0.697. The van der Waals surface area contributed by atoms with E-state index in [2.05, 4.69) is 64.6 Å². The largest absolute Gasteiger partial charge is 0.452 e. The summed E-state index contributed by atoms with van der Waals surface area (Å²) in [6.07, 6.45) is 5.71. The molecule has 4 heterocycles. The molecule has 0 aliphatic carbocycles. The first kappa shape index (κ1) is 18.5. The van der Waals surface area contributed by atoms with Gasteiger partial charge in [-0.2, -0.15) is 0 Å². The fourth-order valence-electron chi connectivity index (χ4n) is 5.00. The summed E-state index contributed by atoms with van der Waals surface area (Å²) in [6.45, 7) is 0. The molecule has 4 aromatic carbocycles. The van der Waals surface area contributed by atoms with Gasteiger partial charge in [0.25, 0.3) is 0 Å². The zero-order chi connectivity index (χ0) is 22.9. The third kappa shape index (κ3) is 2.69. The van der Waals surface area contributed by atoms with Crippen molar-refractivity contribution >= 4 is 49.7 Å². The van der Waals surface area contributed by atoms with Gasteiger partial charge in [0, 0.05) is 45.7 Å². The van der Waals surface area contributed by atoms with E-state index < -0.39 is 0 Å². The van der Waals surface area contributed by atoms with Crippen molar-refractivity contribution in [2.45, 2.75) is 0 Å². The highest BCUT2D eigenvalue weighted by atomic mass is 16.4. The van der Waals surface area contributed by atoms with Crippen LogP contribution in [-0.2, 0) is 0 Å². The molecule has 0 aliphatic heterocycles. The number of rotatable bonds is 2. The first-order valence-corrected chi connectivity index (χ1v) is 11.5. The lowest BCUT2D eigenvalue weighted by molar-refractivity contribution is 0.633. The Kier molecular flexibility index (Phi) is 3.60. The van der Waals surface area contributed by atoms with E-state index >= 15 is 0 Å². The molecular weight excluding hydrogens is 434 g/mol. The van der Waals surface area contributed by atoms with Crippen LogP contribution in [0.3, 0.4) is 0 Å². The summed E-state index contributed by atoms with van der Waals surface area (Å²) in [4.78, 5) is 8.93. The van der Waals surface area contributed by atoms with Gasteiger partial charge in [0.15, 0.2) is 11.2 Å².